The summed E-state index contributed by atoms with van der Waals surface area (Å²) >= 11 is 0. The van der Waals surface area contributed by atoms with E-state index in [2.05, 4.69) is 63.3 Å². The van der Waals surface area contributed by atoms with Gasteiger partial charge in [-0.25, -0.2) is 4.98 Å². The van der Waals surface area contributed by atoms with E-state index in [4.69, 9.17) is 9.72 Å². The molecule has 2 heterocycles. The number of benzene rings is 2. The molecule has 1 fully saturated rings. The third-order valence-electron chi connectivity index (χ3n) is 5.86. The molecular formula is C24H30N4O2. The molecule has 2 aromatic carbocycles. The molecule has 30 heavy (non-hydrogen) atoms. The predicted molar refractivity (Wildman–Crippen MR) is 120 cm³/mol. The molecule has 3 aromatic rings. The molecule has 6 heteroatoms. The average molecular weight is 407 g/mol. The van der Waals surface area contributed by atoms with Gasteiger partial charge in [0.15, 0.2) is 0 Å². The number of hydrogen-bond acceptors (Lipinski definition) is 4. The summed E-state index contributed by atoms with van der Waals surface area (Å²) in [5.74, 6) is 1.23. The highest BCUT2D eigenvalue weighted by molar-refractivity contribution is 5.80. The molecule has 1 saturated heterocycles. The van der Waals surface area contributed by atoms with E-state index in [0.29, 0.717) is 13.2 Å². The van der Waals surface area contributed by atoms with Crippen LogP contribution in [-0.4, -0.2) is 48.8 Å². The fourth-order valence-corrected chi connectivity index (χ4v) is 4.17. The number of aryl methyl sites for hydroxylation is 2. The zero-order valence-corrected chi connectivity index (χ0v) is 17.6. The van der Waals surface area contributed by atoms with Gasteiger partial charge in [0, 0.05) is 39.2 Å². The normalized spacial score (nSPS) is 14.9. The molecule has 0 bridgehead atoms. The molecule has 0 aliphatic carbocycles. The van der Waals surface area contributed by atoms with Crippen LogP contribution in [0.25, 0.3) is 11.0 Å². The highest BCUT2D eigenvalue weighted by Gasteiger charge is 2.27. The largest absolute Gasteiger partial charge is 0.383 e. The first-order chi connectivity index (χ1) is 14.8. The van der Waals surface area contributed by atoms with E-state index >= 15 is 0 Å². The fraction of sp³-hybridized carbons (Fsp3) is 0.417. The zero-order valence-electron chi connectivity index (χ0n) is 17.6. The van der Waals surface area contributed by atoms with Crippen molar-refractivity contribution in [1.29, 1.82) is 0 Å². The lowest BCUT2D eigenvalue weighted by atomic mass is 9.96. The third kappa shape index (κ3) is 4.65. The van der Waals surface area contributed by atoms with Crippen molar-refractivity contribution in [3.63, 3.8) is 0 Å². The molecule has 4 rings (SSSR count). The number of hydrogen-bond donors (Lipinski definition) is 1. The van der Waals surface area contributed by atoms with Crippen LogP contribution in [0.15, 0.2) is 54.6 Å². The maximum atomic E-state index is 12.4. The van der Waals surface area contributed by atoms with Gasteiger partial charge < -0.3 is 19.5 Å². The van der Waals surface area contributed by atoms with Gasteiger partial charge in [-0.15, -0.1) is 0 Å². The fourth-order valence-electron chi connectivity index (χ4n) is 4.17. The maximum absolute atomic E-state index is 12.4. The lowest BCUT2D eigenvalue weighted by Crippen LogP contribution is -2.42. The number of methoxy groups -OCH3 is 1. The second-order valence-electron chi connectivity index (χ2n) is 7.83. The van der Waals surface area contributed by atoms with Crippen LogP contribution in [-0.2, 0) is 22.5 Å². The van der Waals surface area contributed by atoms with Crippen LogP contribution >= 0.6 is 0 Å². The Kier molecular flexibility index (Phi) is 6.64. The quantitative estimate of drug-likeness (QED) is 0.584. The second-order valence-corrected chi connectivity index (χ2v) is 7.83. The first kappa shape index (κ1) is 20.4. The van der Waals surface area contributed by atoms with Gasteiger partial charge in [0.25, 0.3) is 0 Å². The zero-order chi connectivity index (χ0) is 20.8. The Morgan fingerprint density at radius 2 is 1.83 bits per heavy atom. The molecule has 0 unspecified atom stereocenters. The minimum atomic E-state index is 0.0697. The number of carbonyl (C=O) groups excluding carboxylic acids is 1. The first-order valence-electron chi connectivity index (χ1n) is 10.8. The summed E-state index contributed by atoms with van der Waals surface area (Å²) in [7, 11) is 1.65. The topological polar surface area (TPSA) is 59.4 Å². The Bertz CT molecular complexity index is 962. The van der Waals surface area contributed by atoms with E-state index in [1.54, 1.807) is 7.11 Å². The van der Waals surface area contributed by atoms with Gasteiger partial charge in [-0.1, -0.05) is 42.5 Å². The molecule has 158 valence electrons. The predicted octanol–water partition coefficient (Wildman–Crippen LogP) is 3.26. The number of nitrogens with one attached hydrogen (secondary N) is 1. The highest BCUT2D eigenvalue weighted by atomic mass is 16.5. The van der Waals surface area contributed by atoms with Crippen molar-refractivity contribution in [2.75, 3.05) is 38.3 Å². The van der Waals surface area contributed by atoms with E-state index < -0.39 is 0 Å². The number of anilines is 1. The van der Waals surface area contributed by atoms with Crippen LogP contribution in [0, 0.1) is 5.92 Å². The summed E-state index contributed by atoms with van der Waals surface area (Å²) in [6.45, 7) is 3.70. The lowest BCUT2D eigenvalue weighted by Gasteiger charge is -2.32. The van der Waals surface area contributed by atoms with Gasteiger partial charge in [-0.3, -0.25) is 4.79 Å². The van der Waals surface area contributed by atoms with Crippen LogP contribution in [0.1, 0.15) is 18.4 Å². The summed E-state index contributed by atoms with van der Waals surface area (Å²) in [5.41, 5.74) is 3.52. The number of para-hydroxylation sites is 2. The molecule has 1 aromatic heterocycles. The smallest absolute Gasteiger partial charge is 0.223 e. The van der Waals surface area contributed by atoms with Gasteiger partial charge in [0.1, 0.15) is 0 Å². The van der Waals surface area contributed by atoms with Gasteiger partial charge in [-0.2, -0.15) is 0 Å². The van der Waals surface area contributed by atoms with Crippen LogP contribution in [0.3, 0.4) is 0 Å². The third-order valence-corrected chi connectivity index (χ3v) is 5.86. The SMILES string of the molecule is COCCNC(=O)C1CCN(c2nc3ccccc3n2CCc2ccccc2)CC1. The number of carbonyl (C=O) groups is 1. The molecule has 0 saturated carbocycles. The Labute approximate surface area is 177 Å². The van der Waals surface area contributed by atoms with Crippen molar-refractivity contribution in [2.45, 2.75) is 25.8 Å². The van der Waals surface area contributed by atoms with Gasteiger partial charge in [-0.05, 0) is 37.0 Å². The van der Waals surface area contributed by atoms with Gasteiger partial charge in [0.2, 0.25) is 11.9 Å². The van der Waals surface area contributed by atoms with Crippen molar-refractivity contribution in [2.24, 2.45) is 5.92 Å². The van der Waals surface area contributed by atoms with Gasteiger partial charge >= 0.3 is 0 Å². The molecule has 6 nitrogen and oxygen atoms in total. The number of rotatable bonds is 8. The number of nitrogens with zero attached hydrogens (tertiary/aromatic N) is 3. The second kappa shape index (κ2) is 9.76. The van der Waals surface area contributed by atoms with Crippen molar-refractivity contribution in [3.05, 3.63) is 60.2 Å². The average Bonchev–Trinajstić information content (AvgIpc) is 3.17. The minimum Gasteiger partial charge on any atom is -0.383 e. The van der Waals surface area contributed by atoms with E-state index in [0.717, 1.165) is 50.4 Å². The molecular weight excluding hydrogens is 376 g/mol. The molecule has 1 aliphatic rings. The Morgan fingerprint density at radius 1 is 1.10 bits per heavy atom. The van der Waals surface area contributed by atoms with Crippen LogP contribution < -0.4 is 10.2 Å². The number of ether oxygens (including phenoxy) is 1. The Morgan fingerprint density at radius 3 is 2.60 bits per heavy atom. The monoisotopic (exact) mass is 406 g/mol. The van der Waals surface area contributed by atoms with Crippen LogP contribution in [0.4, 0.5) is 5.95 Å². The summed E-state index contributed by atoms with van der Waals surface area (Å²) < 4.78 is 7.35. The van der Waals surface area contributed by atoms with E-state index in [1.165, 1.54) is 11.1 Å². The number of fused-ring (bicyclic) bond motifs is 1. The summed E-state index contributed by atoms with van der Waals surface area (Å²) in [6.07, 6.45) is 2.66. The maximum Gasteiger partial charge on any atom is 0.223 e. The van der Waals surface area contributed by atoms with E-state index in [1.807, 2.05) is 6.07 Å². The van der Waals surface area contributed by atoms with Crippen LogP contribution in [0.5, 0.6) is 0 Å². The Balaban J connectivity index is 1.47. The summed E-state index contributed by atoms with van der Waals surface area (Å²) in [6, 6.07) is 18.9. The Hall–Kier alpha value is -2.86. The van der Waals surface area contributed by atoms with Crippen molar-refractivity contribution >= 4 is 22.9 Å². The summed E-state index contributed by atoms with van der Waals surface area (Å²) in [4.78, 5) is 19.7. The molecule has 0 atom stereocenters. The first-order valence-corrected chi connectivity index (χ1v) is 10.8. The molecule has 1 N–H and O–H groups in total. The molecule has 1 aliphatic heterocycles. The summed E-state index contributed by atoms with van der Waals surface area (Å²) in [5, 5.41) is 2.98. The standard InChI is InChI=1S/C24H30N4O2/c1-30-18-14-25-23(29)20-12-15-27(16-13-20)24-26-21-9-5-6-10-22(21)28(24)17-11-19-7-3-2-4-8-19/h2-10,20H,11-18H2,1H3,(H,25,29). The minimum absolute atomic E-state index is 0.0697. The van der Waals surface area contributed by atoms with Crippen LogP contribution in [0.2, 0.25) is 0 Å². The number of amides is 1. The van der Waals surface area contributed by atoms with Crippen molar-refractivity contribution in [1.82, 2.24) is 14.9 Å². The van der Waals surface area contributed by atoms with E-state index in [9.17, 15) is 4.79 Å². The molecule has 1 amide bonds. The van der Waals surface area contributed by atoms with Crippen molar-refractivity contribution < 1.29 is 9.53 Å². The molecule has 0 radical (unpaired) electrons. The number of aromatic nitrogens is 2. The number of imidazole rings is 1. The lowest BCUT2D eigenvalue weighted by molar-refractivity contribution is -0.125. The molecule has 0 spiro atoms. The van der Waals surface area contributed by atoms with Crippen molar-refractivity contribution in [3.8, 4) is 0 Å². The van der Waals surface area contributed by atoms with Gasteiger partial charge in [0.05, 0.1) is 17.6 Å². The number of piperidine rings is 1. The van der Waals surface area contributed by atoms with E-state index in [-0.39, 0.29) is 11.8 Å². The highest BCUT2D eigenvalue weighted by Crippen LogP contribution is 2.27.